The number of carbonyl (C=O) groups is 2. The minimum atomic E-state index is -1.13. The van der Waals surface area contributed by atoms with Crippen molar-refractivity contribution in [1.82, 2.24) is 0 Å². The Balaban J connectivity index is 1.66. The molecule has 0 spiro atoms. The van der Waals surface area contributed by atoms with Gasteiger partial charge in [0.25, 0.3) is 5.91 Å². The first kappa shape index (κ1) is 24.0. The molecule has 0 saturated heterocycles. The van der Waals surface area contributed by atoms with Crippen LogP contribution in [0.5, 0.6) is 17.2 Å². The van der Waals surface area contributed by atoms with E-state index in [0.29, 0.717) is 36.6 Å². The number of halogens is 2. The number of aromatic hydroxyl groups is 1. The lowest BCUT2D eigenvalue weighted by atomic mass is 10.0. The van der Waals surface area contributed by atoms with Gasteiger partial charge in [0.2, 0.25) is 0 Å². The zero-order chi connectivity index (χ0) is 24.2. The Labute approximate surface area is 216 Å². The highest BCUT2D eigenvalue weighted by Gasteiger charge is 2.23. The van der Waals surface area contributed by atoms with Crippen LogP contribution in [-0.4, -0.2) is 28.6 Å². The summed E-state index contributed by atoms with van der Waals surface area (Å²) in [7, 11) is 0. The molecule has 1 heterocycles. The van der Waals surface area contributed by atoms with E-state index in [-0.39, 0.29) is 5.75 Å². The van der Waals surface area contributed by atoms with Crippen LogP contribution in [0.4, 0.5) is 5.69 Å². The van der Waals surface area contributed by atoms with Gasteiger partial charge in [-0.3, -0.25) is 14.5 Å². The lowest BCUT2D eigenvalue weighted by Crippen LogP contribution is -2.35. The zero-order valence-electron chi connectivity index (χ0n) is 17.4. The van der Waals surface area contributed by atoms with Crippen molar-refractivity contribution in [3.05, 3.63) is 92.0 Å². The summed E-state index contributed by atoms with van der Waals surface area (Å²) in [6.07, 6.45) is 0. The second kappa shape index (κ2) is 10.4. The number of carboxylic acid groups (broad SMARTS) is 1. The predicted octanol–water partition coefficient (Wildman–Crippen LogP) is 7.17. The van der Waals surface area contributed by atoms with Crippen molar-refractivity contribution in [3.8, 4) is 28.4 Å². The van der Waals surface area contributed by atoms with Crippen LogP contribution in [0.1, 0.15) is 9.67 Å². The summed E-state index contributed by atoms with van der Waals surface area (Å²) >= 11 is 8.20. The molecule has 0 aliphatic heterocycles. The third-order valence-electron chi connectivity index (χ3n) is 4.84. The maximum atomic E-state index is 12.9. The number of thiophene rings is 1. The second-order valence-electron chi connectivity index (χ2n) is 7.15. The Hall–Kier alpha value is -3.14. The molecule has 2 N–H and O–H groups in total. The van der Waals surface area contributed by atoms with E-state index in [1.807, 2.05) is 30.3 Å². The number of hydrogen-bond acceptors (Lipinski definition) is 5. The maximum absolute atomic E-state index is 12.9. The van der Waals surface area contributed by atoms with Gasteiger partial charge in [0, 0.05) is 11.3 Å². The highest BCUT2D eigenvalue weighted by Crippen LogP contribution is 2.42. The molecule has 0 aliphatic rings. The number of amides is 1. The number of carboxylic acids is 1. The molecule has 0 saturated carbocycles. The molecule has 172 valence electrons. The molecule has 0 unspecified atom stereocenters. The average molecular weight is 603 g/mol. The lowest BCUT2D eigenvalue weighted by Gasteiger charge is -2.22. The number of aliphatic carboxylic acids is 1. The Morgan fingerprint density at radius 1 is 0.941 bits per heavy atom. The van der Waals surface area contributed by atoms with Crippen LogP contribution in [0.3, 0.4) is 0 Å². The van der Waals surface area contributed by atoms with Crippen molar-refractivity contribution < 1.29 is 24.5 Å². The van der Waals surface area contributed by atoms with Crippen molar-refractivity contribution in [2.45, 2.75) is 0 Å². The van der Waals surface area contributed by atoms with Crippen LogP contribution >= 0.6 is 43.2 Å². The molecule has 0 bridgehead atoms. The number of phenolic OH excluding ortho intramolecular Hbond substituents is 1. The van der Waals surface area contributed by atoms with Crippen LogP contribution in [0, 0.1) is 0 Å². The zero-order valence-corrected chi connectivity index (χ0v) is 21.4. The van der Waals surface area contributed by atoms with Crippen LogP contribution in [0.25, 0.3) is 11.1 Å². The topological polar surface area (TPSA) is 87.1 Å². The van der Waals surface area contributed by atoms with E-state index in [1.165, 1.54) is 16.2 Å². The fourth-order valence-electron chi connectivity index (χ4n) is 3.29. The number of ether oxygens (including phenoxy) is 1. The first-order valence-electron chi connectivity index (χ1n) is 9.96. The van der Waals surface area contributed by atoms with Crippen molar-refractivity contribution in [2.24, 2.45) is 0 Å². The molecule has 0 radical (unpaired) electrons. The van der Waals surface area contributed by atoms with E-state index >= 15 is 0 Å². The van der Waals surface area contributed by atoms with E-state index in [0.717, 1.165) is 5.56 Å². The molecule has 4 aromatic rings. The fraction of sp³-hybridized carbons (Fsp3) is 0.0400. The van der Waals surface area contributed by atoms with E-state index < -0.39 is 18.4 Å². The minimum absolute atomic E-state index is 0.128. The van der Waals surface area contributed by atoms with Crippen molar-refractivity contribution in [2.75, 3.05) is 11.4 Å². The second-order valence-corrected chi connectivity index (χ2v) is 9.80. The molecule has 4 rings (SSSR count). The fourth-order valence-corrected chi connectivity index (χ4v) is 5.29. The number of carbonyl (C=O) groups excluding carboxylic acids is 1. The van der Waals surface area contributed by atoms with Crippen LogP contribution < -0.4 is 9.64 Å². The summed E-state index contributed by atoms with van der Waals surface area (Å²) in [5.74, 6) is -0.482. The first-order chi connectivity index (χ1) is 16.3. The smallest absolute Gasteiger partial charge is 0.323 e. The highest BCUT2D eigenvalue weighted by molar-refractivity contribution is 9.11. The van der Waals surface area contributed by atoms with Crippen LogP contribution in [-0.2, 0) is 4.79 Å². The number of hydrogen-bond donors (Lipinski definition) is 2. The molecular formula is C25H17Br2NO5S. The summed E-state index contributed by atoms with van der Waals surface area (Å²) < 4.78 is 7.11. The van der Waals surface area contributed by atoms with Gasteiger partial charge < -0.3 is 14.9 Å². The molecular weight excluding hydrogens is 586 g/mol. The van der Waals surface area contributed by atoms with E-state index in [9.17, 15) is 19.8 Å². The Morgan fingerprint density at radius 3 is 2.26 bits per heavy atom. The predicted molar refractivity (Wildman–Crippen MR) is 139 cm³/mol. The van der Waals surface area contributed by atoms with Gasteiger partial charge in [-0.15, -0.1) is 11.3 Å². The van der Waals surface area contributed by atoms with Gasteiger partial charge in [0.1, 0.15) is 18.0 Å². The number of nitrogens with zero attached hydrogens (tertiary/aromatic N) is 1. The standard InChI is InChI=1S/C25H17Br2NO5S/c26-19-11-16(28(14-23(30)31)25(32)22-7-4-10-34-22)12-20(27)24(19)33-17-8-9-21(29)18(13-17)15-5-2-1-3-6-15/h1-13,29H,14H2,(H,30,31). The van der Waals surface area contributed by atoms with E-state index in [4.69, 9.17) is 4.74 Å². The molecule has 0 aliphatic carbocycles. The molecule has 9 heteroatoms. The minimum Gasteiger partial charge on any atom is -0.507 e. The molecule has 1 aromatic heterocycles. The number of anilines is 1. The third kappa shape index (κ3) is 5.32. The van der Waals surface area contributed by atoms with Gasteiger partial charge in [-0.1, -0.05) is 36.4 Å². The third-order valence-corrected chi connectivity index (χ3v) is 6.87. The van der Waals surface area contributed by atoms with E-state index in [1.54, 1.807) is 47.8 Å². The SMILES string of the molecule is O=C(O)CN(C(=O)c1cccs1)c1cc(Br)c(Oc2ccc(O)c(-c3ccccc3)c2)c(Br)c1. The Kier molecular flexibility index (Phi) is 7.35. The number of rotatable bonds is 7. The Bertz CT molecular complexity index is 1320. The quantitative estimate of drug-likeness (QED) is 0.234. The average Bonchev–Trinajstić information content (AvgIpc) is 3.36. The summed E-state index contributed by atoms with van der Waals surface area (Å²) in [6.45, 7) is -0.492. The van der Waals surface area contributed by atoms with Crippen LogP contribution in [0.2, 0.25) is 0 Å². The molecule has 6 nitrogen and oxygen atoms in total. The lowest BCUT2D eigenvalue weighted by molar-refractivity contribution is -0.135. The van der Waals surface area contributed by atoms with Crippen LogP contribution in [0.15, 0.2) is 87.1 Å². The molecule has 0 atom stereocenters. The van der Waals surface area contributed by atoms with Crippen molar-refractivity contribution in [1.29, 1.82) is 0 Å². The van der Waals surface area contributed by atoms with Crippen molar-refractivity contribution in [3.63, 3.8) is 0 Å². The number of phenols is 1. The van der Waals surface area contributed by atoms with Gasteiger partial charge in [-0.05, 0) is 79.2 Å². The Morgan fingerprint density at radius 2 is 1.65 bits per heavy atom. The van der Waals surface area contributed by atoms with Crippen molar-refractivity contribution >= 4 is 60.8 Å². The maximum Gasteiger partial charge on any atom is 0.323 e. The summed E-state index contributed by atoms with van der Waals surface area (Å²) in [5.41, 5.74) is 1.86. The summed E-state index contributed by atoms with van der Waals surface area (Å²) in [6, 6.07) is 21.0. The van der Waals surface area contributed by atoms with Gasteiger partial charge >= 0.3 is 5.97 Å². The molecule has 3 aromatic carbocycles. The normalized spacial score (nSPS) is 10.6. The van der Waals surface area contributed by atoms with Gasteiger partial charge in [0.15, 0.2) is 5.75 Å². The largest absolute Gasteiger partial charge is 0.507 e. The summed E-state index contributed by atoms with van der Waals surface area (Å²) in [5, 5.41) is 21.4. The highest BCUT2D eigenvalue weighted by atomic mass is 79.9. The molecule has 1 amide bonds. The molecule has 34 heavy (non-hydrogen) atoms. The monoisotopic (exact) mass is 601 g/mol. The summed E-state index contributed by atoms with van der Waals surface area (Å²) in [4.78, 5) is 26.0. The van der Waals surface area contributed by atoms with Gasteiger partial charge in [0.05, 0.1) is 13.8 Å². The van der Waals surface area contributed by atoms with Gasteiger partial charge in [-0.25, -0.2) is 0 Å². The van der Waals surface area contributed by atoms with E-state index in [2.05, 4.69) is 31.9 Å². The number of benzene rings is 3. The first-order valence-corrected chi connectivity index (χ1v) is 12.4. The van der Waals surface area contributed by atoms with Gasteiger partial charge in [-0.2, -0.15) is 0 Å². The molecule has 0 fully saturated rings.